The SMILES string of the molecule is CCC(C)C(N)C(=O)NC(C(=O)NC(CCSC)C(=O)NC(CCCN=C(N)N)C(=O)O)C(C)CC. The lowest BCUT2D eigenvalue weighted by Gasteiger charge is -2.28. The van der Waals surface area contributed by atoms with Crippen molar-refractivity contribution in [2.75, 3.05) is 18.6 Å². The summed E-state index contributed by atoms with van der Waals surface area (Å²) in [5, 5.41) is 17.5. The zero-order valence-corrected chi connectivity index (χ0v) is 22.9. The molecule has 0 saturated carbocycles. The van der Waals surface area contributed by atoms with Crippen molar-refractivity contribution in [1.82, 2.24) is 16.0 Å². The number of thioether (sulfide) groups is 1. The zero-order chi connectivity index (χ0) is 27.8. The molecule has 0 aromatic rings. The third kappa shape index (κ3) is 12.4. The van der Waals surface area contributed by atoms with E-state index in [2.05, 4.69) is 20.9 Å². The van der Waals surface area contributed by atoms with Gasteiger partial charge >= 0.3 is 5.97 Å². The van der Waals surface area contributed by atoms with Crippen molar-refractivity contribution in [3.63, 3.8) is 0 Å². The first-order valence-electron chi connectivity index (χ1n) is 12.3. The summed E-state index contributed by atoms with van der Waals surface area (Å²) in [6, 6.07) is -3.80. The number of carbonyl (C=O) groups is 4. The van der Waals surface area contributed by atoms with Gasteiger partial charge in [0.2, 0.25) is 17.7 Å². The summed E-state index contributed by atoms with van der Waals surface area (Å²) < 4.78 is 0. The molecule has 13 heteroatoms. The number of rotatable bonds is 18. The van der Waals surface area contributed by atoms with Gasteiger partial charge in [-0.3, -0.25) is 19.4 Å². The molecule has 0 spiro atoms. The highest BCUT2D eigenvalue weighted by molar-refractivity contribution is 7.98. The normalized spacial score (nSPS) is 15.9. The summed E-state index contributed by atoms with van der Waals surface area (Å²) in [6.45, 7) is 7.73. The summed E-state index contributed by atoms with van der Waals surface area (Å²) in [5.41, 5.74) is 16.6. The predicted octanol–water partition coefficient (Wildman–Crippen LogP) is -0.248. The van der Waals surface area contributed by atoms with E-state index in [4.69, 9.17) is 17.2 Å². The van der Waals surface area contributed by atoms with Crippen molar-refractivity contribution < 1.29 is 24.3 Å². The smallest absolute Gasteiger partial charge is 0.326 e. The molecule has 3 amide bonds. The zero-order valence-electron chi connectivity index (χ0n) is 22.1. The van der Waals surface area contributed by atoms with Crippen LogP contribution in [0.2, 0.25) is 0 Å². The van der Waals surface area contributed by atoms with Crippen LogP contribution in [0.1, 0.15) is 59.8 Å². The molecule has 0 fully saturated rings. The van der Waals surface area contributed by atoms with E-state index in [-0.39, 0.29) is 37.2 Å². The molecule has 6 atom stereocenters. The van der Waals surface area contributed by atoms with Crippen LogP contribution in [-0.4, -0.2) is 77.5 Å². The quantitative estimate of drug-likeness (QED) is 0.0704. The van der Waals surface area contributed by atoms with Gasteiger partial charge in [-0.05, 0) is 43.1 Å². The highest BCUT2D eigenvalue weighted by Crippen LogP contribution is 2.12. The fourth-order valence-electron chi connectivity index (χ4n) is 3.26. The van der Waals surface area contributed by atoms with Crippen molar-refractivity contribution in [1.29, 1.82) is 0 Å². The molecule has 6 unspecified atom stereocenters. The summed E-state index contributed by atoms with van der Waals surface area (Å²) in [4.78, 5) is 54.3. The second-order valence-electron chi connectivity index (χ2n) is 8.97. The van der Waals surface area contributed by atoms with Crippen molar-refractivity contribution >= 4 is 41.4 Å². The largest absolute Gasteiger partial charge is 0.480 e. The molecule has 0 heterocycles. The Bertz CT molecular complexity index is 748. The highest BCUT2D eigenvalue weighted by atomic mass is 32.2. The molecule has 208 valence electrons. The van der Waals surface area contributed by atoms with Crippen LogP contribution in [0, 0.1) is 11.8 Å². The first-order valence-corrected chi connectivity index (χ1v) is 13.7. The minimum Gasteiger partial charge on any atom is -0.480 e. The predicted molar refractivity (Wildman–Crippen MR) is 143 cm³/mol. The summed E-state index contributed by atoms with van der Waals surface area (Å²) in [6.07, 6.45) is 3.92. The van der Waals surface area contributed by atoms with Gasteiger partial charge in [-0.15, -0.1) is 0 Å². The van der Waals surface area contributed by atoms with Crippen molar-refractivity contribution in [3.05, 3.63) is 0 Å². The summed E-state index contributed by atoms with van der Waals surface area (Å²) in [7, 11) is 0. The van der Waals surface area contributed by atoms with E-state index in [1.165, 1.54) is 11.8 Å². The number of carboxylic acids is 1. The van der Waals surface area contributed by atoms with Crippen molar-refractivity contribution in [2.45, 2.75) is 84.0 Å². The molecule has 0 aliphatic heterocycles. The lowest BCUT2D eigenvalue weighted by atomic mass is 9.95. The van der Waals surface area contributed by atoms with E-state index in [0.717, 1.165) is 0 Å². The minimum absolute atomic E-state index is 0.0642. The molecule has 0 rings (SSSR count). The van der Waals surface area contributed by atoms with Crippen LogP contribution in [0.5, 0.6) is 0 Å². The number of nitrogens with one attached hydrogen (secondary N) is 3. The van der Waals surface area contributed by atoms with Gasteiger partial charge in [0, 0.05) is 6.54 Å². The Labute approximate surface area is 218 Å². The lowest BCUT2D eigenvalue weighted by Crippen LogP contribution is -2.59. The molecule has 0 aliphatic carbocycles. The number of aliphatic imine (C=N–C) groups is 1. The van der Waals surface area contributed by atoms with Gasteiger partial charge in [0.1, 0.15) is 18.1 Å². The van der Waals surface area contributed by atoms with Gasteiger partial charge in [0.05, 0.1) is 6.04 Å². The Morgan fingerprint density at radius 2 is 1.47 bits per heavy atom. The monoisotopic (exact) mass is 531 g/mol. The second-order valence-corrected chi connectivity index (χ2v) is 9.96. The molecule has 0 bridgehead atoms. The maximum absolute atomic E-state index is 13.2. The van der Waals surface area contributed by atoms with E-state index in [9.17, 15) is 24.3 Å². The number of guanidine groups is 1. The molecule has 12 nitrogen and oxygen atoms in total. The number of carbonyl (C=O) groups excluding carboxylic acids is 3. The van der Waals surface area contributed by atoms with Gasteiger partial charge < -0.3 is 38.3 Å². The molecule has 10 N–H and O–H groups in total. The van der Waals surface area contributed by atoms with Crippen molar-refractivity contribution in [3.8, 4) is 0 Å². The topological polar surface area (TPSA) is 215 Å². The van der Waals surface area contributed by atoms with Gasteiger partial charge in [0.15, 0.2) is 5.96 Å². The Morgan fingerprint density at radius 1 is 0.889 bits per heavy atom. The van der Waals surface area contributed by atoms with Crippen molar-refractivity contribution in [2.24, 2.45) is 34.0 Å². The maximum atomic E-state index is 13.2. The highest BCUT2D eigenvalue weighted by Gasteiger charge is 2.32. The van der Waals surface area contributed by atoms with E-state index in [1.54, 1.807) is 0 Å². The fraction of sp³-hybridized carbons (Fsp3) is 0.783. The number of hydrogen-bond donors (Lipinski definition) is 7. The molecule has 36 heavy (non-hydrogen) atoms. The lowest BCUT2D eigenvalue weighted by molar-refractivity contribution is -0.142. The maximum Gasteiger partial charge on any atom is 0.326 e. The third-order valence-corrected chi connectivity index (χ3v) is 6.80. The van der Waals surface area contributed by atoms with Crippen LogP contribution >= 0.6 is 11.8 Å². The van der Waals surface area contributed by atoms with Gasteiger partial charge in [-0.1, -0.05) is 40.5 Å². The number of carboxylic acid groups (broad SMARTS) is 1. The first-order chi connectivity index (χ1) is 16.9. The van der Waals surface area contributed by atoms with E-state index in [1.807, 2.05) is 34.0 Å². The van der Waals surface area contributed by atoms with Gasteiger partial charge in [-0.25, -0.2) is 4.79 Å². The summed E-state index contributed by atoms with van der Waals surface area (Å²) in [5.74, 6) is -2.59. The third-order valence-electron chi connectivity index (χ3n) is 6.16. The Morgan fingerprint density at radius 3 is 1.97 bits per heavy atom. The molecule has 0 radical (unpaired) electrons. The van der Waals surface area contributed by atoms with Crippen LogP contribution < -0.4 is 33.2 Å². The molecule has 0 saturated heterocycles. The van der Waals surface area contributed by atoms with Crippen LogP contribution in [0.4, 0.5) is 0 Å². The number of hydrogen-bond acceptors (Lipinski definition) is 7. The van der Waals surface area contributed by atoms with Crippen LogP contribution in [0.3, 0.4) is 0 Å². The Balaban J connectivity index is 5.50. The Kier molecular flexibility index (Phi) is 16.6. The minimum atomic E-state index is -1.20. The van der Waals surface area contributed by atoms with E-state index < -0.39 is 47.9 Å². The average molecular weight is 532 g/mol. The van der Waals surface area contributed by atoms with E-state index in [0.29, 0.717) is 25.0 Å². The first kappa shape index (κ1) is 33.5. The standard InChI is InChI=1S/C23H45N7O5S/c1-6-13(3)17(24)20(32)30-18(14(4)7-2)21(33)28-15(10-12-36-5)19(31)29-16(22(34)35)9-8-11-27-23(25)26/h13-18H,6-12,24H2,1-5H3,(H,28,33)(H,29,31)(H,30,32)(H,34,35)(H4,25,26,27). The molecular weight excluding hydrogens is 486 g/mol. The molecular formula is C23H45N7O5S. The number of nitrogens with zero attached hydrogens (tertiary/aromatic N) is 1. The van der Waals surface area contributed by atoms with Crippen LogP contribution in [0.15, 0.2) is 4.99 Å². The van der Waals surface area contributed by atoms with Crippen LogP contribution in [-0.2, 0) is 19.2 Å². The molecule has 0 aliphatic rings. The summed E-state index contributed by atoms with van der Waals surface area (Å²) >= 11 is 1.49. The van der Waals surface area contributed by atoms with Gasteiger partial charge in [-0.2, -0.15) is 11.8 Å². The number of aliphatic carboxylic acids is 1. The number of nitrogens with two attached hydrogens (primary N) is 3. The van der Waals surface area contributed by atoms with Crippen LogP contribution in [0.25, 0.3) is 0 Å². The fourth-order valence-corrected chi connectivity index (χ4v) is 3.73. The Hall–Kier alpha value is -2.54. The second kappa shape index (κ2) is 17.8. The molecule has 0 aromatic carbocycles. The average Bonchev–Trinajstić information content (AvgIpc) is 2.84. The molecule has 0 aromatic heterocycles. The van der Waals surface area contributed by atoms with E-state index >= 15 is 0 Å². The number of amides is 3. The van der Waals surface area contributed by atoms with Gasteiger partial charge in [0.25, 0.3) is 0 Å².